The van der Waals surface area contributed by atoms with Crippen molar-refractivity contribution < 1.29 is 9.18 Å². The highest BCUT2D eigenvalue weighted by Crippen LogP contribution is 2.24. The van der Waals surface area contributed by atoms with Crippen LogP contribution in [0.3, 0.4) is 0 Å². The zero-order chi connectivity index (χ0) is 12.4. The van der Waals surface area contributed by atoms with E-state index >= 15 is 0 Å². The number of nitrogen functional groups attached to an aromatic ring is 1. The lowest BCUT2D eigenvalue weighted by Gasteiger charge is -2.05. The highest BCUT2D eigenvalue weighted by atomic mass is 35.5. The maximum Gasteiger partial charge on any atom is 0.267 e. The second-order valence-corrected chi connectivity index (χ2v) is 4.61. The topological polar surface area (TPSA) is 68.0 Å². The zero-order valence-corrected chi connectivity index (χ0v) is 9.98. The molecule has 7 heteroatoms. The van der Waals surface area contributed by atoms with Crippen LogP contribution < -0.4 is 11.1 Å². The molecule has 3 N–H and O–H groups in total. The van der Waals surface area contributed by atoms with Gasteiger partial charge in [-0.3, -0.25) is 4.79 Å². The highest BCUT2D eigenvalue weighted by molar-refractivity contribution is 7.17. The van der Waals surface area contributed by atoms with Crippen molar-refractivity contribution in [2.45, 2.75) is 0 Å². The minimum absolute atomic E-state index is 0.135. The van der Waals surface area contributed by atoms with E-state index in [1.165, 1.54) is 18.3 Å². The third-order valence-electron chi connectivity index (χ3n) is 1.93. The Morgan fingerprint density at radius 1 is 1.53 bits per heavy atom. The molecular formula is C10H7ClFN3OS. The molecule has 0 atom stereocenters. The van der Waals surface area contributed by atoms with E-state index in [-0.39, 0.29) is 10.9 Å². The van der Waals surface area contributed by atoms with E-state index in [1.807, 2.05) is 0 Å². The Kier molecular flexibility index (Phi) is 3.26. The fourth-order valence-corrected chi connectivity index (χ4v) is 1.96. The van der Waals surface area contributed by atoms with Gasteiger partial charge in [-0.15, -0.1) is 0 Å². The van der Waals surface area contributed by atoms with Gasteiger partial charge in [-0.25, -0.2) is 9.37 Å². The smallest absolute Gasteiger partial charge is 0.267 e. The molecule has 1 heterocycles. The number of halogens is 2. The summed E-state index contributed by atoms with van der Waals surface area (Å²) in [6.07, 6.45) is 1.37. The molecule has 0 fully saturated rings. The fourth-order valence-electron chi connectivity index (χ4n) is 1.17. The molecule has 1 aromatic carbocycles. The molecule has 0 unspecified atom stereocenters. The van der Waals surface area contributed by atoms with Crippen LogP contribution in [0.5, 0.6) is 0 Å². The van der Waals surface area contributed by atoms with E-state index in [2.05, 4.69) is 10.3 Å². The molecule has 0 radical (unpaired) electrons. The molecule has 0 saturated heterocycles. The number of nitrogens with one attached hydrogen (secondary N) is 1. The summed E-state index contributed by atoms with van der Waals surface area (Å²) in [6.45, 7) is 0. The third kappa shape index (κ3) is 2.72. The molecule has 0 bridgehead atoms. The average molecular weight is 272 g/mol. The van der Waals surface area contributed by atoms with Crippen LogP contribution in [-0.2, 0) is 0 Å². The van der Waals surface area contributed by atoms with Crippen molar-refractivity contribution in [1.82, 2.24) is 4.98 Å². The molecular weight excluding hydrogens is 265 g/mol. The third-order valence-corrected chi connectivity index (χ3v) is 3.06. The van der Waals surface area contributed by atoms with Crippen molar-refractivity contribution in [2.75, 3.05) is 11.1 Å². The lowest BCUT2D eigenvalue weighted by molar-refractivity contribution is 0.103. The van der Waals surface area contributed by atoms with Crippen molar-refractivity contribution in [3.8, 4) is 0 Å². The predicted octanol–water partition coefficient (Wildman–Crippen LogP) is 2.77. The summed E-state index contributed by atoms with van der Waals surface area (Å²) < 4.78 is 12.8. The number of aromatic nitrogens is 1. The summed E-state index contributed by atoms with van der Waals surface area (Å²) in [7, 11) is 0. The Morgan fingerprint density at radius 2 is 2.29 bits per heavy atom. The molecule has 2 rings (SSSR count). The molecule has 4 nitrogen and oxygen atoms in total. The molecule has 2 aromatic rings. The predicted molar refractivity (Wildman–Crippen MR) is 65.9 cm³/mol. The number of carbonyl (C=O) groups is 1. The van der Waals surface area contributed by atoms with E-state index in [4.69, 9.17) is 17.3 Å². The molecule has 0 saturated carbocycles. The van der Waals surface area contributed by atoms with E-state index < -0.39 is 5.82 Å². The normalized spacial score (nSPS) is 10.2. The Labute approximate surface area is 105 Å². The summed E-state index contributed by atoms with van der Waals surface area (Å²) in [6, 6.07) is 3.72. The molecule has 88 valence electrons. The minimum Gasteiger partial charge on any atom is -0.375 e. The summed E-state index contributed by atoms with van der Waals surface area (Å²) in [5.41, 5.74) is 5.75. The second kappa shape index (κ2) is 4.68. The summed E-state index contributed by atoms with van der Waals surface area (Å²) in [4.78, 5) is 15.8. The van der Waals surface area contributed by atoms with Gasteiger partial charge in [-0.05, 0) is 18.2 Å². The lowest BCUT2D eigenvalue weighted by atomic mass is 10.3. The van der Waals surface area contributed by atoms with Gasteiger partial charge >= 0.3 is 0 Å². The van der Waals surface area contributed by atoms with Crippen LogP contribution in [0.2, 0.25) is 5.02 Å². The van der Waals surface area contributed by atoms with Crippen LogP contribution in [0.15, 0.2) is 24.4 Å². The van der Waals surface area contributed by atoms with Crippen molar-refractivity contribution >= 4 is 39.7 Å². The number of hydrogen-bond acceptors (Lipinski definition) is 4. The van der Waals surface area contributed by atoms with Crippen LogP contribution in [0.25, 0.3) is 0 Å². The molecule has 0 aliphatic heterocycles. The van der Waals surface area contributed by atoms with Crippen LogP contribution in [0, 0.1) is 5.82 Å². The quantitative estimate of drug-likeness (QED) is 0.882. The molecule has 0 aliphatic carbocycles. The van der Waals surface area contributed by atoms with Crippen LogP contribution in [0.4, 0.5) is 15.2 Å². The van der Waals surface area contributed by atoms with Crippen molar-refractivity contribution in [1.29, 1.82) is 0 Å². The first-order valence-corrected chi connectivity index (χ1v) is 5.73. The number of thiazole rings is 1. The highest BCUT2D eigenvalue weighted by Gasteiger charge is 2.11. The summed E-state index contributed by atoms with van der Waals surface area (Å²) >= 11 is 6.84. The SMILES string of the molecule is Nc1ncc(C(=O)Nc2ccc(F)cc2Cl)s1. The van der Waals surface area contributed by atoms with Crippen LogP contribution >= 0.6 is 22.9 Å². The van der Waals surface area contributed by atoms with Gasteiger partial charge in [0.05, 0.1) is 16.9 Å². The van der Waals surface area contributed by atoms with Crippen LogP contribution in [-0.4, -0.2) is 10.9 Å². The monoisotopic (exact) mass is 271 g/mol. The number of nitrogens with two attached hydrogens (primary N) is 1. The first-order valence-electron chi connectivity index (χ1n) is 4.54. The number of benzene rings is 1. The van der Waals surface area contributed by atoms with Gasteiger partial charge in [-0.1, -0.05) is 22.9 Å². The van der Waals surface area contributed by atoms with Crippen LogP contribution in [0.1, 0.15) is 9.67 Å². The molecule has 0 aliphatic rings. The van der Waals surface area contributed by atoms with E-state index in [9.17, 15) is 9.18 Å². The van der Waals surface area contributed by atoms with Crippen molar-refractivity contribution in [3.05, 3.63) is 40.1 Å². The first-order chi connectivity index (χ1) is 8.06. The molecule has 1 amide bonds. The van der Waals surface area contributed by atoms with Gasteiger partial charge in [0.1, 0.15) is 10.7 Å². The van der Waals surface area contributed by atoms with Gasteiger partial charge in [-0.2, -0.15) is 0 Å². The Morgan fingerprint density at radius 3 is 2.88 bits per heavy atom. The number of anilines is 2. The van der Waals surface area contributed by atoms with Gasteiger partial charge < -0.3 is 11.1 Å². The van der Waals surface area contributed by atoms with Crippen molar-refractivity contribution in [3.63, 3.8) is 0 Å². The lowest BCUT2D eigenvalue weighted by Crippen LogP contribution is -2.10. The summed E-state index contributed by atoms with van der Waals surface area (Å²) in [5.74, 6) is -0.845. The Bertz CT molecular complexity index is 572. The maximum atomic E-state index is 12.8. The standard InChI is InChI=1S/C10H7ClFN3OS/c11-6-3-5(12)1-2-7(6)15-9(16)8-4-14-10(13)17-8/h1-4H,(H2,13,14)(H,15,16). The Balaban J connectivity index is 2.18. The first kappa shape index (κ1) is 11.8. The second-order valence-electron chi connectivity index (χ2n) is 3.14. The number of rotatable bonds is 2. The number of hydrogen-bond donors (Lipinski definition) is 2. The zero-order valence-electron chi connectivity index (χ0n) is 8.41. The molecule has 1 aromatic heterocycles. The van der Waals surface area contributed by atoms with E-state index in [0.29, 0.717) is 15.7 Å². The number of nitrogens with zero attached hydrogens (tertiary/aromatic N) is 1. The average Bonchev–Trinajstić information content (AvgIpc) is 2.69. The summed E-state index contributed by atoms with van der Waals surface area (Å²) in [5, 5.41) is 2.99. The Hall–Kier alpha value is -1.66. The largest absolute Gasteiger partial charge is 0.375 e. The van der Waals surface area contributed by atoms with Gasteiger partial charge in [0.2, 0.25) is 0 Å². The molecule has 0 spiro atoms. The molecule has 17 heavy (non-hydrogen) atoms. The van der Waals surface area contributed by atoms with Gasteiger partial charge in [0.15, 0.2) is 5.13 Å². The maximum absolute atomic E-state index is 12.8. The number of carbonyl (C=O) groups excluding carboxylic acids is 1. The van der Waals surface area contributed by atoms with Gasteiger partial charge in [0.25, 0.3) is 5.91 Å². The van der Waals surface area contributed by atoms with E-state index in [0.717, 1.165) is 17.4 Å². The number of amides is 1. The minimum atomic E-state index is -0.463. The van der Waals surface area contributed by atoms with Crippen molar-refractivity contribution in [2.24, 2.45) is 0 Å². The van der Waals surface area contributed by atoms with E-state index in [1.54, 1.807) is 0 Å². The van der Waals surface area contributed by atoms with Gasteiger partial charge in [0, 0.05) is 0 Å². The fraction of sp³-hybridized carbons (Fsp3) is 0.